The second-order valence-corrected chi connectivity index (χ2v) is 5.83. The first kappa shape index (κ1) is 14.1. The molecule has 4 nitrogen and oxygen atoms in total. The van der Waals surface area contributed by atoms with E-state index in [-0.39, 0.29) is 5.76 Å². The number of rotatable bonds is 4. The Hall–Kier alpha value is -1.81. The lowest BCUT2D eigenvalue weighted by Gasteiger charge is -2.15. The molecular weight excluding hydrogens is 266 g/mol. The Kier molecular flexibility index (Phi) is 3.72. The number of carboxylic acid groups (broad SMARTS) is 1. The molecule has 1 aromatic carbocycles. The van der Waals surface area contributed by atoms with Crippen molar-refractivity contribution in [1.82, 2.24) is 4.90 Å². The lowest BCUT2D eigenvalue weighted by molar-refractivity contribution is 0.0664. The van der Waals surface area contributed by atoms with E-state index >= 15 is 0 Å². The monoisotopic (exact) mass is 287 g/mol. The van der Waals surface area contributed by atoms with Gasteiger partial charge in [0, 0.05) is 23.1 Å². The first-order valence-corrected chi connectivity index (χ1v) is 7.60. The molecule has 0 atom stereocenters. The van der Waals surface area contributed by atoms with Gasteiger partial charge in [0.05, 0.1) is 0 Å². The molecule has 0 spiro atoms. The predicted octanol–water partition coefficient (Wildman–Crippen LogP) is 3.60. The second-order valence-electron chi connectivity index (χ2n) is 5.83. The molecule has 2 heterocycles. The van der Waals surface area contributed by atoms with Gasteiger partial charge in [0.2, 0.25) is 5.76 Å². The highest BCUT2D eigenvalue weighted by Crippen LogP contribution is 2.31. The van der Waals surface area contributed by atoms with Crippen molar-refractivity contribution >= 4 is 16.9 Å². The molecule has 2 aromatic rings. The van der Waals surface area contributed by atoms with Gasteiger partial charge >= 0.3 is 5.97 Å². The highest BCUT2D eigenvalue weighted by atomic mass is 16.4. The molecule has 0 bridgehead atoms. The molecule has 0 radical (unpaired) electrons. The average molecular weight is 287 g/mol. The average Bonchev–Trinajstić information content (AvgIpc) is 3.07. The Morgan fingerprint density at radius 1 is 1.33 bits per heavy atom. The third-order valence-corrected chi connectivity index (χ3v) is 4.37. The first-order chi connectivity index (χ1) is 10.1. The normalized spacial score (nSPS) is 15.9. The quantitative estimate of drug-likeness (QED) is 0.933. The van der Waals surface area contributed by atoms with Gasteiger partial charge in [-0.3, -0.25) is 4.90 Å². The van der Waals surface area contributed by atoms with Crippen LogP contribution in [0.4, 0.5) is 0 Å². The molecule has 0 aliphatic carbocycles. The van der Waals surface area contributed by atoms with E-state index in [4.69, 9.17) is 4.42 Å². The molecule has 1 N–H and O–H groups in total. The number of carbonyl (C=O) groups is 1. The van der Waals surface area contributed by atoms with Gasteiger partial charge in [-0.05, 0) is 50.9 Å². The van der Waals surface area contributed by atoms with Crippen LogP contribution >= 0.6 is 0 Å². The summed E-state index contributed by atoms with van der Waals surface area (Å²) in [6.45, 7) is 7.02. The summed E-state index contributed by atoms with van der Waals surface area (Å²) in [6.07, 6.45) is 3.43. The third-order valence-electron chi connectivity index (χ3n) is 4.37. The summed E-state index contributed by atoms with van der Waals surface area (Å²) in [7, 11) is 0. The Labute approximate surface area is 124 Å². The van der Waals surface area contributed by atoms with Crippen LogP contribution in [0.5, 0.6) is 0 Å². The van der Waals surface area contributed by atoms with Crippen LogP contribution in [0, 0.1) is 6.92 Å². The maximum atomic E-state index is 11.3. The Balaban J connectivity index is 2.11. The van der Waals surface area contributed by atoms with E-state index < -0.39 is 5.97 Å². The molecule has 1 saturated heterocycles. The zero-order chi connectivity index (χ0) is 15.0. The van der Waals surface area contributed by atoms with Gasteiger partial charge in [-0.2, -0.15) is 0 Å². The van der Waals surface area contributed by atoms with Gasteiger partial charge in [0.15, 0.2) is 0 Å². The first-order valence-electron chi connectivity index (χ1n) is 7.60. The molecular formula is C17H21NO3. The fourth-order valence-electron chi connectivity index (χ4n) is 3.16. The van der Waals surface area contributed by atoms with E-state index in [2.05, 4.69) is 24.0 Å². The van der Waals surface area contributed by atoms with Crippen molar-refractivity contribution in [3.8, 4) is 0 Å². The molecule has 112 valence electrons. The molecule has 4 heteroatoms. The van der Waals surface area contributed by atoms with E-state index in [0.717, 1.165) is 48.2 Å². The van der Waals surface area contributed by atoms with Gasteiger partial charge in [0.25, 0.3) is 0 Å². The molecule has 21 heavy (non-hydrogen) atoms. The molecule has 1 aromatic heterocycles. The summed E-state index contributed by atoms with van der Waals surface area (Å²) in [4.78, 5) is 13.7. The zero-order valence-corrected chi connectivity index (χ0v) is 12.6. The number of hydrogen-bond donors (Lipinski definition) is 1. The maximum Gasteiger partial charge on any atom is 0.372 e. The van der Waals surface area contributed by atoms with Gasteiger partial charge in [0.1, 0.15) is 5.58 Å². The van der Waals surface area contributed by atoms with Crippen molar-refractivity contribution in [1.29, 1.82) is 0 Å². The zero-order valence-electron chi connectivity index (χ0n) is 12.6. The van der Waals surface area contributed by atoms with Gasteiger partial charge < -0.3 is 9.52 Å². The number of furan rings is 1. The minimum Gasteiger partial charge on any atom is -0.475 e. The van der Waals surface area contributed by atoms with Crippen molar-refractivity contribution < 1.29 is 14.3 Å². The van der Waals surface area contributed by atoms with Crippen LogP contribution in [0.15, 0.2) is 16.5 Å². The third kappa shape index (κ3) is 2.56. The van der Waals surface area contributed by atoms with E-state index in [1.54, 1.807) is 0 Å². The summed E-state index contributed by atoms with van der Waals surface area (Å²) in [6, 6.07) is 4.23. The van der Waals surface area contributed by atoms with Crippen molar-refractivity contribution in [3.05, 3.63) is 34.6 Å². The molecule has 0 saturated carbocycles. The number of nitrogens with zero attached hydrogens (tertiary/aromatic N) is 1. The number of hydrogen-bond acceptors (Lipinski definition) is 3. The fraction of sp³-hybridized carbons (Fsp3) is 0.471. The van der Waals surface area contributed by atoms with Crippen LogP contribution in [0.2, 0.25) is 0 Å². The number of fused-ring (bicyclic) bond motifs is 1. The van der Waals surface area contributed by atoms with Crippen molar-refractivity contribution in [2.24, 2.45) is 0 Å². The topological polar surface area (TPSA) is 53.7 Å². The fourth-order valence-corrected chi connectivity index (χ4v) is 3.16. The summed E-state index contributed by atoms with van der Waals surface area (Å²) < 4.78 is 5.67. The standard InChI is InChI=1S/C17H21NO3/c1-3-12-8-13(10-18-6-4-5-7-18)16-14(9-12)11(2)15(21-16)17(19)20/h8-9H,3-7,10H2,1-2H3,(H,19,20). The van der Waals surface area contributed by atoms with Gasteiger partial charge in [-0.15, -0.1) is 0 Å². The van der Waals surface area contributed by atoms with E-state index in [9.17, 15) is 9.90 Å². The summed E-state index contributed by atoms with van der Waals surface area (Å²) >= 11 is 0. The summed E-state index contributed by atoms with van der Waals surface area (Å²) in [5.74, 6) is -0.921. The second kappa shape index (κ2) is 5.53. The van der Waals surface area contributed by atoms with E-state index in [1.807, 2.05) is 6.92 Å². The van der Waals surface area contributed by atoms with Crippen molar-refractivity contribution in [2.75, 3.05) is 13.1 Å². The van der Waals surface area contributed by atoms with Crippen LogP contribution in [-0.4, -0.2) is 29.1 Å². The minimum absolute atomic E-state index is 0.0703. The minimum atomic E-state index is -0.992. The van der Waals surface area contributed by atoms with Gasteiger partial charge in [-0.1, -0.05) is 13.0 Å². The molecule has 0 unspecified atom stereocenters. The lowest BCUT2D eigenvalue weighted by Crippen LogP contribution is -2.18. The molecule has 1 aliphatic heterocycles. The molecule has 3 rings (SSSR count). The number of benzene rings is 1. The Morgan fingerprint density at radius 2 is 2.05 bits per heavy atom. The molecule has 1 aliphatic rings. The SMILES string of the molecule is CCc1cc(CN2CCCC2)c2oc(C(=O)O)c(C)c2c1. The van der Waals surface area contributed by atoms with Crippen LogP contribution < -0.4 is 0 Å². The summed E-state index contributed by atoms with van der Waals surface area (Å²) in [5.41, 5.74) is 3.82. The van der Waals surface area contributed by atoms with Crippen LogP contribution in [0.3, 0.4) is 0 Å². The Bertz CT molecular complexity index is 681. The lowest BCUT2D eigenvalue weighted by atomic mass is 10.0. The smallest absolute Gasteiger partial charge is 0.372 e. The summed E-state index contributed by atoms with van der Waals surface area (Å²) in [5, 5.41) is 10.2. The highest BCUT2D eigenvalue weighted by Gasteiger charge is 2.21. The highest BCUT2D eigenvalue weighted by molar-refractivity contribution is 5.96. The van der Waals surface area contributed by atoms with Crippen molar-refractivity contribution in [3.63, 3.8) is 0 Å². The van der Waals surface area contributed by atoms with E-state index in [1.165, 1.54) is 18.4 Å². The number of likely N-dealkylation sites (tertiary alicyclic amines) is 1. The largest absolute Gasteiger partial charge is 0.475 e. The van der Waals surface area contributed by atoms with Crippen LogP contribution in [0.25, 0.3) is 11.0 Å². The molecule has 1 fully saturated rings. The maximum absolute atomic E-state index is 11.3. The Morgan fingerprint density at radius 3 is 2.67 bits per heavy atom. The van der Waals surface area contributed by atoms with Gasteiger partial charge in [-0.25, -0.2) is 4.79 Å². The van der Waals surface area contributed by atoms with Crippen molar-refractivity contribution in [2.45, 2.75) is 39.7 Å². The number of aromatic carboxylic acids is 1. The number of carboxylic acids is 1. The van der Waals surface area contributed by atoms with Crippen LogP contribution in [0.1, 0.15) is 47.0 Å². The van der Waals surface area contributed by atoms with Crippen LogP contribution in [-0.2, 0) is 13.0 Å². The number of aryl methyl sites for hydroxylation is 2. The predicted molar refractivity (Wildman–Crippen MR) is 81.8 cm³/mol. The van der Waals surface area contributed by atoms with E-state index in [0.29, 0.717) is 0 Å². The molecule has 0 amide bonds.